The van der Waals surface area contributed by atoms with Crippen molar-refractivity contribution in [1.82, 2.24) is 4.31 Å². The summed E-state index contributed by atoms with van der Waals surface area (Å²) >= 11 is 1.25. The van der Waals surface area contributed by atoms with Gasteiger partial charge in [-0.05, 0) is 36.4 Å². The Labute approximate surface area is 162 Å². The van der Waals surface area contributed by atoms with Gasteiger partial charge in [-0.25, -0.2) is 13.2 Å². The van der Waals surface area contributed by atoms with Gasteiger partial charge in [-0.3, -0.25) is 4.79 Å². The van der Waals surface area contributed by atoms with E-state index in [2.05, 4.69) is 5.32 Å². The van der Waals surface area contributed by atoms with Crippen LogP contribution in [0.25, 0.3) is 0 Å². The zero-order chi connectivity index (χ0) is 19.4. The summed E-state index contributed by atoms with van der Waals surface area (Å²) in [4.78, 5) is 24.5. The number of carbonyl (C=O) groups is 2. The Balaban J connectivity index is 1.62. The van der Waals surface area contributed by atoms with E-state index in [0.717, 1.165) is 0 Å². The van der Waals surface area contributed by atoms with E-state index < -0.39 is 16.0 Å². The molecule has 0 spiro atoms. The monoisotopic (exact) mass is 408 g/mol. The van der Waals surface area contributed by atoms with Crippen LogP contribution >= 0.6 is 11.3 Å². The van der Waals surface area contributed by atoms with Gasteiger partial charge in [-0.1, -0.05) is 18.2 Å². The van der Waals surface area contributed by atoms with Crippen molar-refractivity contribution in [2.75, 3.05) is 25.5 Å². The normalized spacial score (nSPS) is 16.0. The summed E-state index contributed by atoms with van der Waals surface area (Å²) in [6, 6.07) is 9.88. The standard InChI is InChI=1S/C18H20N2O5S2/c1-25-18(22)15-9-12-26-17(15)19-16(21)13-7-10-20(11-8-13)27(23,24)14-5-3-2-4-6-14/h2-6,9,12-13H,7-8,10-11H2,1H3,(H,19,21). The Morgan fingerprint density at radius 2 is 1.81 bits per heavy atom. The first kappa shape index (κ1) is 19.5. The third kappa shape index (κ3) is 4.20. The first-order chi connectivity index (χ1) is 12.9. The molecular formula is C18H20N2O5S2. The number of hydrogen-bond donors (Lipinski definition) is 1. The molecule has 1 aromatic carbocycles. The van der Waals surface area contributed by atoms with Crippen LogP contribution in [0.5, 0.6) is 0 Å². The van der Waals surface area contributed by atoms with Crippen molar-refractivity contribution >= 4 is 38.2 Å². The number of amides is 1. The van der Waals surface area contributed by atoms with Crippen molar-refractivity contribution < 1.29 is 22.7 Å². The fourth-order valence-electron chi connectivity index (χ4n) is 2.99. The molecule has 0 aliphatic carbocycles. The highest BCUT2D eigenvalue weighted by Crippen LogP contribution is 2.28. The van der Waals surface area contributed by atoms with E-state index in [9.17, 15) is 18.0 Å². The number of sulfonamides is 1. The minimum absolute atomic E-state index is 0.209. The summed E-state index contributed by atoms with van der Waals surface area (Å²) < 4.78 is 31.4. The average Bonchev–Trinajstić information content (AvgIpc) is 3.16. The van der Waals surface area contributed by atoms with Crippen LogP contribution in [-0.2, 0) is 19.6 Å². The van der Waals surface area contributed by atoms with Crippen molar-refractivity contribution in [2.24, 2.45) is 5.92 Å². The lowest BCUT2D eigenvalue weighted by Crippen LogP contribution is -2.41. The molecule has 1 aliphatic rings. The number of ether oxygens (including phenoxy) is 1. The number of methoxy groups -OCH3 is 1. The van der Waals surface area contributed by atoms with Crippen LogP contribution in [0.15, 0.2) is 46.7 Å². The van der Waals surface area contributed by atoms with E-state index in [1.54, 1.807) is 41.8 Å². The minimum Gasteiger partial charge on any atom is -0.465 e. The second-order valence-corrected chi connectivity index (χ2v) is 8.99. The Kier molecular flexibility index (Phi) is 5.93. The predicted octanol–water partition coefficient (Wildman–Crippen LogP) is 2.57. The zero-order valence-corrected chi connectivity index (χ0v) is 16.4. The Bertz CT molecular complexity index is 916. The molecule has 3 rings (SSSR count). The first-order valence-electron chi connectivity index (χ1n) is 8.45. The third-order valence-corrected chi connectivity index (χ3v) is 7.26. The van der Waals surface area contributed by atoms with Gasteiger partial charge in [-0.15, -0.1) is 11.3 Å². The molecule has 1 amide bonds. The maximum absolute atomic E-state index is 12.6. The molecule has 144 valence electrons. The van der Waals surface area contributed by atoms with Gasteiger partial charge >= 0.3 is 5.97 Å². The van der Waals surface area contributed by atoms with Gasteiger partial charge in [0.15, 0.2) is 0 Å². The maximum Gasteiger partial charge on any atom is 0.340 e. The lowest BCUT2D eigenvalue weighted by molar-refractivity contribution is -0.120. The lowest BCUT2D eigenvalue weighted by atomic mass is 9.97. The van der Waals surface area contributed by atoms with Crippen LogP contribution in [0.3, 0.4) is 0 Å². The fraction of sp³-hybridized carbons (Fsp3) is 0.333. The molecule has 2 aromatic rings. The smallest absolute Gasteiger partial charge is 0.340 e. The highest BCUT2D eigenvalue weighted by atomic mass is 32.2. The maximum atomic E-state index is 12.6. The van der Waals surface area contributed by atoms with Gasteiger partial charge in [0.25, 0.3) is 0 Å². The molecule has 1 aromatic heterocycles. The van der Waals surface area contributed by atoms with Crippen LogP contribution in [0, 0.1) is 5.92 Å². The largest absolute Gasteiger partial charge is 0.465 e. The van der Waals surface area contributed by atoms with Gasteiger partial charge in [0.2, 0.25) is 15.9 Å². The molecule has 0 atom stereocenters. The summed E-state index contributed by atoms with van der Waals surface area (Å²) in [6.07, 6.45) is 0.855. The number of benzene rings is 1. The average molecular weight is 409 g/mol. The molecule has 7 nitrogen and oxygen atoms in total. The molecule has 0 saturated carbocycles. The van der Waals surface area contributed by atoms with Crippen LogP contribution in [0.2, 0.25) is 0 Å². The zero-order valence-electron chi connectivity index (χ0n) is 14.8. The molecule has 1 N–H and O–H groups in total. The van der Waals surface area contributed by atoms with Crippen LogP contribution < -0.4 is 5.32 Å². The van der Waals surface area contributed by atoms with Crippen LogP contribution in [-0.4, -0.2) is 44.8 Å². The van der Waals surface area contributed by atoms with E-state index >= 15 is 0 Å². The molecule has 1 aliphatic heterocycles. The van der Waals surface area contributed by atoms with Crippen LogP contribution in [0.1, 0.15) is 23.2 Å². The third-order valence-electron chi connectivity index (χ3n) is 4.51. The van der Waals surface area contributed by atoms with Crippen molar-refractivity contribution in [3.8, 4) is 0 Å². The lowest BCUT2D eigenvalue weighted by Gasteiger charge is -2.30. The number of rotatable bonds is 5. The van der Waals surface area contributed by atoms with Gasteiger partial charge in [0.1, 0.15) is 5.00 Å². The quantitative estimate of drug-likeness (QED) is 0.768. The number of nitrogens with zero attached hydrogens (tertiary/aromatic N) is 1. The van der Waals surface area contributed by atoms with Gasteiger partial charge in [0, 0.05) is 19.0 Å². The second kappa shape index (κ2) is 8.20. The summed E-state index contributed by atoms with van der Waals surface area (Å²) in [5.74, 6) is -1.02. The molecule has 1 fully saturated rings. The molecule has 9 heteroatoms. The topological polar surface area (TPSA) is 92.8 Å². The van der Waals surface area contributed by atoms with Crippen LogP contribution in [0.4, 0.5) is 5.00 Å². The molecule has 1 saturated heterocycles. The van der Waals surface area contributed by atoms with E-state index in [1.165, 1.54) is 22.8 Å². The second-order valence-electron chi connectivity index (χ2n) is 6.14. The summed E-state index contributed by atoms with van der Waals surface area (Å²) in [5.41, 5.74) is 0.319. The van der Waals surface area contributed by atoms with E-state index in [-0.39, 0.29) is 29.8 Å². The van der Waals surface area contributed by atoms with Crippen molar-refractivity contribution in [2.45, 2.75) is 17.7 Å². The number of nitrogens with one attached hydrogen (secondary N) is 1. The highest BCUT2D eigenvalue weighted by Gasteiger charge is 2.32. The molecule has 27 heavy (non-hydrogen) atoms. The Morgan fingerprint density at radius 3 is 2.44 bits per heavy atom. The van der Waals surface area contributed by atoms with E-state index in [1.807, 2.05) is 0 Å². The van der Waals surface area contributed by atoms with Gasteiger partial charge in [-0.2, -0.15) is 4.31 Å². The number of esters is 1. The van der Waals surface area contributed by atoms with E-state index in [4.69, 9.17) is 4.74 Å². The van der Waals surface area contributed by atoms with Crippen molar-refractivity contribution in [3.63, 3.8) is 0 Å². The van der Waals surface area contributed by atoms with Crippen molar-refractivity contribution in [1.29, 1.82) is 0 Å². The number of anilines is 1. The number of hydrogen-bond acceptors (Lipinski definition) is 6. The first-order valence-corrected chi connectivity index (χ1v) is 10.8. The summed E-state index contributed by atoms with van der Waals surface area (Å²) in [6.45, 7) is 0.563. The SMILES string of the molecule is COC(=O)c1ccsc1NC(=O)C1CCN(S(=O)(=O)c2ccccc2)CC1. The van der Waals surface area contributed by atoms with Gasteiger partial charge < -0.3 is 10.1 Å². The van der Waals surface area contributed by atoms with Gasteiger partial charge in [0.05, 0.1) is 17.6 Å². The molecule has 0 unspecified atom stereocenters. The van der Waals surface area contributed by atoms with Crippen molar-refractivity contribution in [3.05, 3.63) is 47.3 Å². The minimum atomic E-state index is -3.54. The summed E-state index contributed by atoms with van der Waals surface area (Å²) in [7, 11) is -2.25. The predicted molar refractivity (Wildman–Crippen MR) is 102 cm³/mol. The molecule has 0 radical (unpaired) electrons. The number of thiophene rings is 1. The molecule has 2 heterocycles. The number of piperidine rings is 1. The Morgan fingerprint density at radius 1 is 1.15 bits per heavy atom. The fourth-order valence-corrected chi connectivity index (χ4v) is 5.26. The summed E-state index contributed by atoms with van der Waals surface area (Å²) in [5, 5.41) is 4.93. The number of carbonyl (C=O) groups excluding carboxylic acids is 2. The Hall–Kier alpha value is -2.23. The molecule has 0 bridgehead atoms. The van der Waals surface area contributed by atoms with E-state index in [0.29, 0.717) is 23.4 Å². The molecular weight excluding hydrogens is 388 g/mol. The highest BCUT2D eigenvalue weighted by molar-refractivity contribution is 7.89.